The van der Waals surface area contributed by atoms with Crippen molar-refractivity contribution in [1.82, 2.24) is 0 Å². The van der Waals surface area contributed by atoms with Gasteiger partial charge in [-0.15, -0.1) is 0 Å². The van der Waals surface area contributed by atoms with E-state index >= 15 is 0 Å². The van der Waals surface area contributed by atoms with Crippen LogP contribution >= 0.6 is 0 Å². The lowest BCUT2D eigenvalue weighted by atomic mass is 9.92. The molecule has 0 saturated heterocycles. The standard InChI is InChI=1S/C13H28O/c1-11(2)7-6-8-12(3)9-10-13(4,5)14/h11-12,14H,6-10H2,1-5H3. The summed E-state index contributed by atoms with van der Waals surface area (Å²) in [5.41, 5.74) is -0.480. The maximum atomic E-state index is 9.58. The van der Waals surface area contributed by atoms with Crippen molar-refractivity contribution in [3.05, 3.63) is 0 Å². The van der Waals surface area contributed by atoms with Gasteiger partial charge in [-0.2, -0.15) is 0 Å². The molecule has 0 radical (unpaired) electrons. The summed E-state index contributed by atoms with van der Waals surface area (Å²) in [6.07, 6.45) is 6.07. The van der Waals surface area contributed by atoms with Crippen molar-refractivity contribution in [2.24, 2.45) is 11.8 Å². The van der Waals surface area contributed by atoms with E-state index in [1.165, 1.54) is 19.3 Å². The second-order valence-electron chi connectivity index (χ2n) is 5.78. The summed E-state index contributed by atoms with van der Waals surface area (Å²) in [7, 11) is 0. The molecular weight excluding hydrogens is 172 g/mol. The number of aliphatic hydroxyl groups is 1. The van der Waals surface area contributed by atoms with Crippen LogP contribution in [-0.4, -0.2) is 10.7 Å². The summed E-state index contributed by atoms with van der Waals surface area (Å²) >= 11 is 0. The predicted molar refractivity (Wildman–Crippen MR) is 63.4 cm³/mol. The first-order valence-corrected chi connectivity index (χ1v) is 6.03. The van der Waals surface area contributed by atoms with Crippen molar-refractivity contribution in [2.75, 3.05) is 0 Å². The Labute approximate surface area is 89.9 Å². The maximum absolute atomic E-state index is 9.58. The highest BCUT2D eigenvalue weighted by molar-refractivity contribution is 4.67. The Bertz CT molecular complexity index is 133. The highest BCUT2D eigenvalue weighted by Gasteiger charge is 2.14. The first-order valence-electron chi connectivity index (χ1n) is 6.03. The Kier molecular flexibility index (Phi) is 6.43. The zero-order chi connectivity index (χ0) is 11.2. The summed E-state index contributed by atoms with van der Waals surface area (Å²) in [5, 5.41) is 9.58. The topological polar surface area (TPSA) is 20.2 Å². The molecule has 1 heteroatoms. The van der Waals surface area contributed by atoms with Gasteiger partial charge in [-0.1, -0.05) is 40.0 Å². The van der Waals surface area contributed by atoms with Crippen molar-refractivity contribution in [3.8, 4) is 0 Å². The highest BCUT2D eigenvalue weighted by Crippen LogP contribution is 2.20. The third-order valence-electron chi connectivity index (χ3n) is 2.73. The van der Waals surface area contributed by atoms with Gasteiger partial charge in [-0.25, -0.2) is 0 Å². The lowest BCUT2D eigenvalue weighted by molar-refractivity contribution is 0.0637. The van der Waals surface area contributed by atoms with E-state index in [0.717, 1.165) is 24.7 Å². The van der Waals surface area contributed by atoms with Gasteiger partial charge in [0, 0.05) is 0 Å². The maximum Gasteiger partial charge on any atom is 0.0591 e. The second-order valence-corrected chi connectivity index (χ2v) is 5.78. The molecule has 1 unspecified atom stereocenters. The molecule has 0 aliphatic heterocycles. The molecule has 1 atom stereocenters. The van der Waals surface area contributed by atoms with Crippen LogP contribution in [0.25, 0.3) is 0 Å². The van der Waals surface area contributed by atoms with Gasteiger partial charge in [0.2, 0.25) is 0 Å². The molecule has 1 nitrogen and oxygen atoms in total. The van der Waals surface area contributed by atoms with E-state index in [1.54, 1.807) is 0 Å². The Hall–Kier alpha value is -0.0400. The van der Waals surface area contributed by atoms with Gasteiger partial charge < -0.3 is 5.11 Å². The molecule has 0 aliphatic carbocycles. The molecule has 0 amide bonds. The van der Waals surface area contributed by atoms with Crippen LogP contribution in [0.5, 0.6) is 0 Å². The van der Waals surface area contributed by atoms with Crippen molar-refractivity contribution in [2.45, 2.75) is 72.3 Å². The lowest BCUT2D eigenvalue weighted by Crippen LogP contribution is -2.19. The largest absolute Gasteiger partial charge is 0.390 e. The quantitative estimate of drug-likeness (QED) is 0.658. The van der Waals surface area contributed by atoms with E-state index in [4.69, 9.17) is 0 Å². The SMILES string of the molecule is CC(C)CCCC(C)CCC(C)(C)O. The molecule has 0 spiro atoms. The van der Waals surface area contributed by atoms with E-state index < -0.39 is 5.60 Å². The minimum Gasteiger partial charge on any atom is -0.390 e. The number of hydrogen-bond acceptors (Lipinski definition) is 1. The summed E-state index contributed by atoms with van der Waals surface area (Å²) in [6, 6.07) is 0. The zero-order valence-electron chi connectivity index (χ0n) is 10.6. The van der Waals surface area contributed by atoms with Gasteiger partial charge in [0.15, 0.2) is 0 Å². The van der Waals surface area contributed by atoms with Crippen molar-refractivity contribution in [1.29, 1.82) is 0 Å². The Morgan fingerprint density at radius 2 is 1.57 bits per heavy atom. The Balaban J connectivity index is 3.42. The first-order chi connectivity index (χ1) is 6.31. The minimum atomic E-state index is -0.480. The molecule has 14 heavy (non-hydrogen) atoms. The average Bonchev–Trinajstić information content (AvgIpc) is 1.99. The monoisotopic (exact) mass is 200 g/mol. The van der Waals surface area contributed by atoms with Gasteiger partial charge >= 0.3 is 0 Å². The van der Waals surface area contributed by atoms with Gasteiger partial charge in [0.05, 0.1) is 5.60 Å². The summed E-state index contributed by atoms with van der Waals surface area (Å²) in [5.74, 6) is 1.59. The molecule has 0 aromatic carbocycles. The molecule has 0 rings (SSSR count). The van der Waals surface area contributed by atoms with E-state index in [2.05, 4.69) is 20.8 Å². The van der Waals surface area contributed by atoms with Crippen LogP contribution in [0.1, 0.15) is 66.7 Å². The summed E-state index contributed by atoms with van der Waals surface area (Å²) in [4.78, 5) is 0. The molecule has 0 saturated carbocycles. The van der Waals surface area contributed by atoms with Gasteiger partial charge in [0.1, 0.15) is 0 Å². The van der Waals surface area contributed by atoms with Crippen molar-refractivity contribution >= 4 is 0 Å². The fraction of sp³-hybridized carbons (Fsp3) is 1.00. The fourth-order valence-electron chi connectivity index (χ4n) is 1.62. The number of rotatable bonds is 7. The van der Waals surface area contributed by atoms with Crippen LogP contribution in [0.4, 0.5) is 0 Å². The molecule has 86 valence electrons. The first kappa shape index (κ1) is 14.0. The van der Waals surface area contributed by atoms with E-state index in [9.17, 15) is 5.11 Å². The molecule has 1 N–H and O–H groups in total. The fourth-order valence-corrected chi connectivity index (χ4v) is 1.62. The van der Waals surface area contributed by atoms with Gasteiger partial charge in [-0.3, -0.25) is 0 Å². The second kappa shape index (κ2) is 6.44. The summed E-state index contributed by atoms with van der Waals surface area (Å²) < 4.78 is 0. The van der Waals surface area contributed by atoms with Crippen molar-refractivity contribution < 1.29 is 5.11 Å². The third-order valence-corrected chi connectivity index (χ3v) is 2.73. The molecule has 0 aliphatic rings. The number of hydrogen-bond donors (Lipinski definition) is 1. The van der Waals surface area contributed by atoms with Crippen LogP contribution < -0.4 is 0 Å². The molecule has 0 fully saturated rings. The lowest BCUT2D eigenvalue weighted by Gasteiger charge is -2.20. The van der Waals surface area contributed by atoms with E-state index in [-0.39, 0.29) is 0 Å². The van der Waals surface area contributed by atoms with Crippen LogP contribution in [0.15, 0.2) is 0 Å². The third kappa shape index (κ3) is 10.0. The van der Waals surface area contributed by atoms with Crippen LogP contribution in [0.3, 0.4) is 0 Å². The van der Waals surface area contributed by atoms with Crippen molar-refractivity contribution in [3.63, 3.8) is 0 Å². The Morgan fingerprint density at radius 3 is 2.00 bits per heavy atom. The molecule has 0 heterocycles. The van der Waals surface area contributed by atoms with Crippen LogP contribution in [0.2, 0.25) is 0 Å². The highest BCUT2D eigenvalue weighted by atomic mass is 16.3. The minimum absolute atomic E-state index is 0.480. The predicted octanol–water partition coefficient (Wildman–Crippen LogP) is 4.00. The zero-order valence-corrected chi connectivity index (χ0v) is 10.6. The molecule has 0 bridgehead atoms. The van der Waals surface area contributed by atoms with Gasteiger partial charge in [-0.05, 0) is 38.5 Å². The van der Waals surface area contributed by atoms with Crippen LogP contribution in [0, 0.1) is 11.8 Å². The van der Waals surface area contributed by atoms with Gasteiger partial charge in [0.25, 0.3) is 0 Å². The van der Waals surface area contributed by atoms with E-state index in [1.807, 2.05) is 13.8 Å². The molecule has 0 aromatic heterocycles. The molecular formula is C13H28O. The smallest absolute Gasteiger partial charge is 0.0591 e. The van der Waals surface area contributed by atoms with Crippen LogP contribution in [-0.2, 0) is 0 Å². The Morgan fingerprint density at radius 1 is 1.00 bits per heavy atom. The normalized spacial score (nSPS) is 14.8. The average molecular weight is 200 g/mol. The van der Waals surface area contributed by atoms with E-state index in [0.29, 0.717) is 0 Å². The summed E-state index contributed by atoms with van der Waals surface area (Å²) in [6.45, 7) is 10.6. The molecule has 0 aromatic rings.